The summed E-state index contributed by atoms with van der Waals surface area (Å²) in [6, 6.07) is 12.0. The fourth-order valence-corrected chi connectivity index (χ4v) is 6.94. The Labute approximate surface area is 199 Å². The van der Waals surface area contributed by atoms with Gasteiger partial charge in [-0.1, -0.05) is 36.4 Å². The number of fused-ring (bicyclic) bond motifs is 1. The third-order valence-electron chi connectivity index (χ3n) is 7.28. The molecule has 1 atom stereocenters. The van der Waals surface area contributed by atoms with Gasteiger partial charge in [-0.25, -0.2) is 18.1 Å². The third-order valence-corrected chi connectivity index (χ3v) is 9.03. The van der Waals surface area contributed by atoms with Crippen LogP contribution in [0.15, 0.2) is 42.5 Å². The zero-order valence-electron chi connectivity index (χ0n) is 19.3. The molecule has 1 aromatic carbocycles. The Morgan fingerprint density at radius 1 is 1.12 bits per heavy atom. The molecule has 8 heteroatoms. The molecule has 1 unspecified atom stereocenters. The zero-order chi connectivity index (χ0) is 23.4. The van der Waals surface area contributed by atoms with Crippen LogP contribution in [0.3, 0.4) is 0 Å². The molecule has 1 amide bonds. The maximum absolute atomic E-state index is 13.8. The van der Waals surface area contributed by atoms with Crippen molar-refractivity contribution >= 4 is 32.4 Å². The van der Waals surface area contributed by atoms with Gasteiger partial charge >= 0.3 is 0 Å². The minimum atomic E-state index is -3.06. The summed E-state index contributed by atoms with van der Waals surface area (Å²) in [7, 11) is -3.06. The molecule has 1 saturated heterocycles. The second-order valence-electron chi connectivity index (χ2n) is 9.75. The van der Waals surface area contributed by atoms with Crippen molar-refractivity contribution in [2.45, 2.75) is 44.6 Å². The van der Waals surface area contributed by atoms with Gasteiger partial charge in [-0.2, -0.15) is 5.10 Å². The predicted molar refractivity (Wildman–Crippen MR) is 131 cm³/mol. The van der Waals surface area contributed by atoms with E-state index in [0.717, 1.165) is 36.0 Å². The molecule has 34 heavy (non-hydrogen) atoms. The van der Waals surface area contributed by atoms with Crippen LogP contribution in [-0.2, 0) is 9.84 Å². The van der Waals surface area contributed by atoms with Gasteiger partial charge in [0.05, 0.1) is 34.2 Å². The Kier molecular flexibility index (Phi) is 5.09. The molecule has 3 aliphatic rings. The van der Waals surface area contributed by atoms with Gasteiger partial charge in [-0.05, 0) is 49.8 Å². The molecule has 0 bridgehead atoms. The molecule has 0 N–H and O–H groups in total. The summed E-state index contributed by atoms with van der Waals surface area (Å²) in [5.41, 5.74) is 5.44. The van der Waals surface area contributed by atoms with Crippen molar-refractivity contribution in [3.63, 3.8) is 0 Å². The van der Waals surface area contributed by atoms with E-state index in [-0.39, 0.29) is 23.5 Å². The number of aromatic nitrogens is 3. The van der Waals surface area contributed by atoms with Crippen molar-refractivity contribution in [1.82, 2.24) is 19.7 Å². The number of rotatable bonds is 4. The summed E-state index contributed by atoms with van der Waals surface area (Å²) in [5.74, 6) is 0.633. The molecule has 6 rings (SSSR count). The van der Waals surface area contributed by atoms with Gasteiger partial charge in [0.15, 0.2) is 15.5 Å². The molecule has 1 saturated carbocycles. The summed E-state index contributed by atoms with van der Waals surface area (Å²) in [6.45, 7) is 3.12. The molecule has 0 spiro atoms. The first-order valence-corrected chi connectivity index (χ1v) is 13.9. The van der Waals surface area contributed by atoms with Gasteiger partial charge in [0, 0.05) is 24.7 Å². The molecule has 3 aromatic rings. The zero-order valence-corrected chi connectivity index (χ0v) is 20.1. The molecule has 2 aromatic heterocycles. The minimum Gasteiger partial charge on any atom is -0.335 e. The molecule has 0 radical (unpaired) electrons. The van der Waals surface area contributed by atoms with Gasteiger partial charge in [0.1, 0.15) is 0 Å². The van der Waals surface area contributed by atoms with Crippen LogP contribution in [-0.4, -0.2) is 58.6 Å². The van der Waals surface area contributed by atoms with Gasteiger partial charge in [-0.15, -0.1) is 0 Å². The van der Waals surface area contributed by atoms with E-state index in [9.17, 15) is 13.2 Å². The van der Waals surface area contributed by atoms with E-state index in [2.05, 4.69) is 18.2 Å². The molecular weight excluding hydrogens is 448 g/mol. The Morgan fingerprint density at radius 2 is 1.91 bits per heavy atom. The number of carbonyl (C=O) groups is 1. The standard InChI is InChI=1S/C26H28N4O3S/c1-17-24-22(26(31)29-12-9-19(10-13-29)18-5-3-2-4-6-18)15-23(20-7-8-20)27-25(24)30(28-17)21-11-14-34(32,33)16-21/h2-6,9,15,20-21H,7-8,10-14,16H2,1H3. The van der Waals surface area contributed by atoms with Gasteiger partial charge in [0.25, 0.3) is 5.91 Å². The van der Waals surface area contributed by atoms with Crippen LogP contribution in [0.25, 0.3) is 16.6 Å². The lowest BCUT2D eigenvalue weighted by Crippen LogP contribution is -2.35. The van der Waals surface area contributed by atoms with E-state index >= 15 is 0 Å². The van der Waals surface area contributed by atoms with Crippen LogP contribution in [0.1, 0.15) is 65.0 Å². The molecule has 4 heterocycles. The second-order valence-corrected chi connectivity index (χ2v) is 12.0. The molecular formula is C26H28N4O3S. The van der Waals surface area contributed by atoms with E-state index in [1.165, 1.54) is 11.1 Å². The number of hydrogen-bond donors (Lipinski definition) is 0. The SMILES string of the molecule is Cc1nn(C2CCS(=O)(=O)C2)c2nc(C3CC3)cc(C(=O)N3CC=C(c4ccccc4)CC3)c12. The van der Waals surface area contributed by atoms with Crippen LogP contribution in [0.4, 0.5) is 0 Å². The summed E-state index contributed by atoms with van der Waals surface area (Å²) >= 11 is 0. The van der Waals surface area contributed by atoms with E-state index in [1.54, 1.807) is 4.68 Å². The largest absolute Gasteiger partial charge is 0.335 e. The van der Waals surface area contributed by atoms with Crippen molar-refractivity contribution in [3.8, 4) is 0 Å². The number of hydrogen-bond acceptors (Lipinski definition) is 5. The van der Waals surface area contributed by atoms with Crippen molar-refractivity contribution in [2.24, 2.45) is 0 Å². The summed E-state index contributed by atoms with van der Waals surface area (Å²) in [5, 5.41) is 5.47. The Hall–Kier alpha value is -3.00. The minimum absolute atomic E-state index is 0.000597. The number of nitrogens with zero attached hydrogens (tertiary/aromatic N) is 4. The lowest BCUT2D eigenvalue weighted by atomic mass is 9.98. The molecule has 2 fully saturated rings. The maximum atomic E-state index is 13.8. The van der Waals surface area contributed by atoms with Crippen LogP contribution in [0, 0.1) is 6.92 Å². The number of pyridine rings is 1. The van der Waals surface area contributed by atoms with Crippen molar-refractivity contribution in [2.75, 3.05) is 24.6 Å². The maximum Gasteiger partial charge on any atom is 0.255 e. The van der Waals surface area contributed by atoms with Crippen LogP contribution in [0.5, 0.6) is 0 Å². The Balaban J connectivity index is 1.37. The average molecular weight is 477 g/mol. The quantitative estimate of drug-likeness (QED) is 0.570. The van der Waals surface area contributed by atoms with Crippen molar-refractivity contribution < 1.29 is 13.2 Å². The molecule has 7 nitrogen and oxygen atoms in total. The number of carbonyl (C=O) groups excluding carboxylic acids is 1. The van der Waals surface area contributed by atoms with Crippen LogP contribution >= 0.6 is 0 Å². The number of benzene rings is 1. The topological polar surface area (TPSA) is 85.2 Å². The number of sulfone groups is 1. The fraction of sp³-hybridized carbons (Fsp3) is 0.423. The summed E-state index contributed by atoms with van der Waals surface area (Å²) in [6.07, 6.45) is 5.65. The first kappa shape index (κ1) is 21.5. The van der Waals surface area contributed by atoms with Crippen LogP contribution < -0.4 is 0 Å². The normalized spacial score (nSPS) is 22.2. The third kappa shape index (κ3) is 3.83. The smallest absolute Gasteiger partial charge is 0.255 e. The first-order chi connectivity index (χ1) is 16.4. The lowest BCUT2D eigenvalue weighted by Gasteiger charge is -2.27. The molecule has 2 aliphatic heterocycles. The molecule has 1 aliphatic carbocycles. The van der Waals surface area contributed by atoms with Gasteiger partial charge in [0.2, 0.25) is 0 Å². The highest BCUT2D eigenvalue weighted by Crippen LogP contribution is 2.41. The van der Waals surface area contributed by atoms with Gasteiger partial charge < -0.3 is 4.90 Å². The van der Waals surface area contributed by atoms with E-state index in [0.29, 0.717) is 36.6 Å². The Bertz CT molecular complexity index is 1420. The number of aryl methyl sites for hydroxylation is 1. The monoisotopic (exact) mass is 476 g/mol. The summed E-state index contributed by atoms with van der Waals surface area (Å²) in [4.78, 5) is 20.6. The van der Waals surface area contributed by atoms with E-state index < -0.39 is 9.84 Å². The van der Waals surface area contributed by atoms with Gasteiger partial charge in [-0.3, -0.25) is 4.79 Å². The van der Waals surface area contributed by atoms with Crippen molar-refractivity contribution in [3.05, 3.63) is 65.0 Å². The van der Waals surface area contributed by atoms with Crippen molar-refractivity contribution in [1.29, 1.82) is 0 Å². The summed E-state index contributed by atoms with van der Waals surface area (Å²) < 4.78 is 26.0. The second kappa shape index (κ2) is 8.05. The Morgan fingerprint density at radius 3 is 2.56 bits per heavy atom. The first-order valence-electron chi connectivity index (χ1n) is 12.0. The highest BCUT2D eigenvalue weighted by atomic mass is 32.2. The molecule has 176 valence electrons. The predicted octanol–water partition coefficient (Wildman–Crippen LogP) is 3.91. The number of amides is 1. The fourth-order valence-electron chi connectivity index (χ4n) is 5.25. The van der Waals surface area contributed by atoms with E-state index in [4.69, 9.17) is 10.1 Å². The highest BCUT2D eigenvalue weighted by molar-refractivity contribution is 7.91. The van der Waals surface area contributed by atoms with Crippen LogP contribution in [0.2, 0.25) is 0 Å². The van der Waals surface area contributed by atoms with E-state index in [1.807, 2.05) is 36.1 Å². The average Bonchev–Trinajstić information content (AvgIpc) is 3.57. The highest BCUT2D eigenvalue weighted by Gasteiger charge is 2.34. The lowest BCUT2D eigenvalue weighted by molar-refractivity contribution is 0.0774.